The van der Waals surface area contributed by atoms with Gasteiger partial charge in [-0.3, -0.25) is 14.5 Å². The van der Waals surface area contributed by atoms with Crippen LogP contribution in [-0.2, 0) is 16.6 Å². The van der Waals surface area contributed by atoms with Crippen molar-refractivity contribution in [1.29, 1.82) is 0 Å². The maximum absolute atomic E-state index is 12.6. The maximum Gasteiger partial charge on any atom is 0.262 e. The first-order valence-corrected chi connectivity index (χ1v) is 11.9. The quantitative estimate of drug-likeness (QED) is 0.546. The van der Waals surface area contributed by atoms with Gasteiger partial charge in [-0.15, -0.1) is 0 Å². The highest BCUT2D eigenvalue weighted by molar-refractivity contribution is 7.90. The maximum atomic E-state index is 12.6. The van der Waals surface area contributed by atoms with E-state index in [9.17, 15) is 13.2 Å². The second kappa shape index (κ2) is 9.45. The summed E-state index contributed by atoms with van der Waals surface area (Å²) in [5.41, 5.74) is 2.45. The Labute approximate surface area is 191 Å². The van der Waals surface area contributed by atoms with Gasteiger partial charge < -0.3 is 14.6 Å². The molecule has 2 heterocycles. The van der Waals surface area contributed by atoms with Crippen LogP contribution in [0, 0.1) is 13.8 Å². The van der Waals surface area contributed by atoms with Gasteiger partial charge in [0, 0.05) is 24.2 Å². The smallest absolute Gasteiger partial charge is 0.262 e. The number of carbonyl (C=O) groups excluding carboxylic acids is 1. The molecule has 0 aliphatic carbocycles. The molecular formula is C23H24N4O5S. The molecule has 0 saturated carbocycles. The van der Waals surface area contributed by atoms with Crippen LogP contribution in [0.5, 0.6) is 5.75 Å². The molecule has 1 aliphatic rings. The summed E-state index contributed by atoms with van der Waals surface area (Å²) in [6.07, 6.45) is 1.44. The number of aliphatic imine (C=N–C) groups is 1. The average molecular weight is 469 g/mol. The van der Waals surface area contributed by atoms with Crippen LogP contribution in [0.15, 0.2) is 62.9 Å². The first kappa shape index (κ1) is 22.5. The zero-order valence-corrected chi connectivity index (χ0v) is 19.1. The topological polar surface area (TPSA) is 123 Å². The Kier molecular flexibility index (Phi) is 6.45. The molecule has 9 nitrogen and oxygen atoms in total. The van der Waals surface area contributed by atoms with Gasteiger partial charge in [-0.05, 0) is 62.7 Å². The molecule has 2 aromatic carbocycles. The van der Waals surface area contributed by atoms with Crippen LogP contribution in [0.2, 0.25) is 0 Å². The van der Waals surface area contributed by atoms with Crippen molar-refractivity contribution >= 4 is 27.5 Å². The standard InChI is InChI=1S/C23H24N4O5S/c1-15-21(16(2)32-26-15)14-31-19-10-8-17(9-11-19)23(28)25-18-5-3-6-20(13-18)33(29,30)27-22-7-4-12-24-22/h3,5-6,8-11,13H,4,7,12,14H2,1-2H3,(H,24,27)(H,25,28). The van der Waals surface area contributed by atoms with Crippen molar-refractivity contribution in [2.24, 2.45) is 4.99 Å². The Morgan fingerprint density at radius 1 is 1.15 bits per heavy atom. The number of amides is 1. The molecule has 4 rings (SSSR count). The van der Waals surface area contributed by atoms with E-state index in [1.807, 2.05) is 13.8 Å². The predicted octanol–water partition coefficient (Wildman–Crippen LogP) is 3.59. The molecule has 0 unspecified atom stereocenters. The molecule has 0 spiro atoms. The van der Waals surface area contributed by atoms with Crippen molar-refractivity contribution in [2.45, 2.75) is 38.2 Å². The van der Waals surface area contributed by atoms with E-state index in [0.29, 0.717) is 48.2 Å². The van der Waals surface area contributed by atoms with Crippen molar-refractivity contribution in [3.8, 4) is 5.75 Å². The summed E-state index contributed by atoms with van der Waals surface area (Å²) < 4.78 is 38.6. The lowest BCUT2D eigenvalue weighted by molar-refractivity contribution is 0.102. The summed E-state index contributed by atoms with van der Waals surface area (Å²) in [6.45, 7) is 4.61. The van der Waals surface area contributed by atoms with Crippen molar-refractivity contribution in [3.63, 3.8) is 0 Å². The number of aromatic nitrogens is 1. The summed E-state index contributed by atoms with van der Waals surface area (Å²) in [4.78, 5) is 16.8. The van der Waals surface area contributed by atoms with Gasteiger partial charge >= 0.3 is 0 Å². The van der Waals surface area contributed by atoms with E-state index in [1.165, 1.54) is 12.1 Å². The number of nitrogens with zero attached hydrogens (tertiary/aromatic N) is 2. The second-order valence-electron chi connectivity index (χ2n) is 7.64. The summed E-state index contributed by atoms with van der Waals surface area (Å²) in [5.74, 6) is 1.40. The SMILES string of the molecule is Cc1noc(C)c1COc1ccc(C(=O)Nc2cccc(S(=O)(=O)NC3=NCCC3)c2)cc1. The van der Waals surface area contributed by atoms with Gasteiger partial charge in [0.1, 0.15) is 24.0 Å². The molecule has 1 amide bonds. The number of rotatable bonds is 7. The van der Waals surface area contributed by atoms with Crippen molar-refractivity contribution in [3.05, 3.63) is 71.1 Å². The summed E-state index contributed by atoms with van der Waals surface area (Å²) in [6, 6.07) is 12.8. The fourth-order valence-electron chi connectivity index (χ4n) is 3.35. The molecular weight excluding hydrogens is 444 g/mol. The monoisotopic (exact) mass is 468 g/mol. The van der Waals surface area contributed by atoms with Crippen molar-refractivity contribution in [2.75, 3.05) is 11.9 Å². The third kappa shape index (κ3) is 5.40. The normalized spacial score (nSPS) is 13.5. The van der Waals surface area contributed by atoms with Crippen molar-refractivity contribution < 1.29 is 22.5 Å². The van der Waals surface area contributed by atoms with E-state index in [1.54, 1.807) is 36.4 Å². The molecule has 172 valence electrons. The number of anilines is 1. The first-order chi connectivity index (χ1) is 15.8. The first-order valence-electron chi connectivity index (χ1n) is 10.4. The van der Waals surface area contributed by atoms with Crippen LogP contribution in [0.4, 0.5) is 5.69 Å². The lowest BCUT2D eigenvalue weighted by Crippen LogP contribution is -2.29. The number of aryl methyl sites for hydroxylation is 2. The third-order valence-corrected chi connectivity index (χ3v) is 6.59. The van der Waals surface area contributed by atoms with E-state index in [0.717, 1.165) is 17.7 Å². The highest BCUT2D eigenvalue weighted by Crippen LogP contribution is 2.20. The largest absolute Gasteiger partial charge is 0.489 e. The van der Waals surface area contributed by atoms with E-state index in [2.05, 4.69) is 20.2 Å². The van der Waals surface area contributed by atoms with Crippen LogP contribution >= 0.6 is 0 Å². The highest BCUT2D eigenvalue weighted by atomic mass is 32.2. The van der Waals surface area contributed by atoms with Crippen LogP contribution in [0.3, 0.4) is 0 Å². The molecule has 33 heavy (non-hydrogen) atoms. The number of ether oxygens (including phenoxy) is 1. The number of nitrogens with one attached hydrogen (secondary N) is 2. The number of amidine groups is 1. The zero-order chi connectivity index (χ0) is 23.4. The molecule has 0 atom stereocenters. The van der Waals surface area contributed by atoms with Gasteiger partial charge in [0.2, 0.25) is 0 Å². The number of carbonyl (C=O) groups is 1. The number of hydrogen-bond acceptors (Lipinski definition) is 7. The minimum absolute atomic E-state index is 0.0537. The van der Waals surface area contributed by atoms with Gasteiger partial charge in [0.15, 0.2) is 0 Å². The van der Waals surface area contributed by atoms with Crippen molar-refractivity contribution in [1.82, 2.24) is 9.88 Å². The second-order valence-corrected chi connectivity index (χ2v) is 9.32. The lowest BCUT2D eigenvalue weighted by Gasteiger charge is -2.10. The fourth-order valence-corrected chi connectivity index (χ4v) is 4.48. The Morgan fingerprint density at radius 3 is 2.61 bits per heavy atom. The minimum Gasteiger partial charge on any atom is -0.489 e. The average Bonchev–Trinajstić information content (AvgIpc) is 3.42. The van der Waals surface area contributed by atoms with Gasteiger partial charge in [-0.25, -0.2) is 8.42 Å². The van der Waals surface area contributed by atoms with Crippen LogP contribution in [-0.4, -0.2) is 31.9 Å². The lowest BCUT2D eigenvalue weighted by atomic mass is 10.2. The molecule has 0 radical (unpaired) electrons. The Bertz CT molecular complexity index is 1280. The summed E-state index contributed by atoms with van der Waals surface area (Å²) in [5, 5.41) is 6.63. The Balaban J connectivity index is 1.39. The Morgan fingerprint density at radius 2 is 1.94 bits per heavy atom. The van der Waals surface area contributed by atoms with Gasteiger partial charge in [-0.1, -0.05) is 11.2 Å². The van der Waals surface area contributed by atoms with Crippen LogP contribution in [0.25, 0.3) is 0 Å². The summed E-state index contributed by atoms with van der Waals surface area (Å²) >= 11 is 0. The highest BCUT2D eigenvalue weighted by Gasteiger charge is 2.19. The third-order valence-electron chi connectivity index (χ3n) is 5.21. The predicted molar refractivity (Wildman–Crippen MR) is 123 cm³/mol. The van der Waals surface area contributed by atoms with E-state index in [4.69, 9.17) is 9.26 Å². The molecule has 0 bridgehead atoms. The Hall–Kier alpha value is -3.66. The molecule has 0 fully saturated rings. The molecule has 10 heteroatoms. The number of sulfonamides is 1. The van der Waals surface area contributed by atoms with Gasteiger partial charge in [-0.2, -0.15) is 0 Å². The molecule has 0 saturated heterocycles. The molecule has 3 aromatic rings. The zero-order valence-electron chi connectivity index (χ0n) is 18.3. The minimum atomic E-state index is -3.76. The number of hydrogen-bond donors (Lipinski definition) is 2. The summed E-state index contributed by atoms with van der Waals surface area (Å²) in [7, 11) is -3.76. The van der Waals surface area contributed by atoms with E-state index in [-0.39, 0.29) is 10.8 Å². The van der Waals surface area contributed by atoms with Crippen LogP contribution < -0.4 is 14.8 Å². The molecule has 1 aromatic heterocycles. The number of benzene rings is 2. The van der Waals surface area contributed by atoms with E-state index < -0.39 is 10.0 Å². The fraction of sp³-hybridized carbons (Fsp3) is 0.261. The molecule has 2 N–H and O–H groups in total. The van der Waals surface area contributed by atoms with Gasteiger partial charge in [0.25, 0.3) is 15.9 Å². The van der Waals surface area contributed by atoms with Crippen LogP contribution in [0.1, 0.15) is 40.2 Å². The van der Waals surface area contributed by atoms with E-state index >= 15 is 0 Å². The molecule has 1 aliphatic heterocycles. The van der Waals surface area contributed by atoms with Gasteiger partial charge in [0.05, 0.1) is 16.2 Å².